The third-order valence-electron chi connectivity index (χ3n) is 16.9. The van der Waals surface area contributed by atoms with Gasteiger partial charge in [0.2, 0.25) is 0 Å². The van der Waals surface area contributed by atoms with Crippen LogP contribution in [0.15, 0.2) is 297 Å². The Morgan fingerprint density at radius 1 is 0.267 bits per heavy atom. The molecule has 16 aromatic rings. The molecule has 0 spiro atoms. The Morgan fingerprint density at radius 3 is 0.844 bits per heavy atom. The van der Waals surface area contributed by atoms with Crippen molar-refractivity contribution in [2.45, 2.75) is 0 Å². The molecule has 0 atom stereocenters. The molecule has 16 rings (SSSR count). The van der Waals surface area contributed by atoms with Crippen molar-refractivity contribution in [2.75, 3.05) is 0 Å². The average Bonchev–Trinajstić information content (AvgIpc) is 1.55. The van der Waals surface area contributed by atoms with Crippen molar-refractivity contribution in [3.8, 4) is 119 Å². The molecular formula is C81H49F2N7. The van der Waals surface area contributed by atoms with Crippen LogP contribution in [0.3, 0.4) is 0 Å². The zero-order chi connectivity index (χ0) is 60.2. The molecule has 6 aromatic heterocycles. The highest BCUT2D eigenvalue weighted by Crippen LogP contribution is 2.45. The summed E-state index contributed by atoms with van der Waals surface area (Å²) < 4.78 is 38.7. The predicted molar refractivity (Wildman–Crippen MR) is 360 cm³/mol. The molecule has 0 unspecified atom stereocenters. The van der Waals surface area contributed by atoms with Crippen LogP contribution in [0.1, 0.15) is 5.56 Å². The molecule has 90 heavy (non-hydrogen) atoms. The Kier molecular flexibility index (Phi) is 13.2. The molecular weight excluding hydrogens is 1110 g/mol. The van der Waals surface area contributed by atoms with Gasteiger partial charge in [0.05, 0.1) is 90.1 Å². The van der Waals surface area contributed by atoms with Crippen molar-refractivity contribution < 1.29 is 8.78 Å². The van der Waals surface area contributed by atoms with Gasteiger partial charge in [-0.15, -0.1) is 0 Å². The third-order valence-corrected chi connectivity index (χ3v) is 16.9. The fourth-order valence-corrected chi connectivity index (χ4v) is 12.6. The second-order valence-electron chi connectivity index (χ2n) is 22.3. The average molecular weight is 1160 g/mol. The van der Waals surface area contributed by atoms with Gasteiger partial charge in [0.15, 0.2) is 0 Å². The topological polar surface area (TPSA) is 85.2 Å². The number of aromatic nitrogens is 6. The molecule has 0 amide bonds. The lowest BCUT2D eigenvalue weighted by Gasteiger charge is -2.20. The van der Waals surface area contributed by atoms with E-state index in [1.807, 2.05) is 199 Å². The molecule has 9 heteroatoms. The van der Waals surface area contributed by atoms with Gasteiger partial charge >= 0.3 is 0 Å². The van der Waals surface area contributed by atoms with Crippen molar-refractivity contribution in [1.29, 1.82) is 5.26 Å². The zero-order valence-electron chi connectivity index (χ0n) is 48.2. The fourth-order valence-electron chi connectivity index (χ4n) is 12.6. The zero-order valence-corrected chi connectivity index (χ0v) is 48.2. The van der Waals surface area contributed by atoms with Crippen LogP contribution in [0.5, 0.6) is 0 Å². The van der Waals surface area contributed by atoms with Gasteiger partial charge in [-0.2, -0.15) is 5.26 Å². The second kappa shape index (κ2) is 22.2. The maximum atomic E-state index is 17.3. The lowest BCUT2D eigenvalue weighted by Crippen LogP contribution is -2.05. The Morgan fingerprint density at radius 2 is 0.544 bits per heavy atom. The summed E-state index contributed by atoms with van der Waals surface area (Å²) in [5.41, 5.74) is 17.5. The summed E-state index contributed by atoms with van der Waals surface area (Å²) >= 11 is 0. The van der Waals surface area contributed by atoms with Gasteiger partial charge in [-0.25, -0.2) is 28.7 Å². The van der Waals surface area contributed by atoms with Gasteiger partial charge in [-0.3, -0.25) is 0 Å². The Hall–Kier alpha value is -12.3. The van der Waals surface area contributed by atoms with Crippen molar-refractivity contribution in [1.82, 2.24) is 29.1 Å². The highest BCUT2D eigenvalue weighted by molar-refractivity contribution is 6.13. The molecule has 7 nitrogen and oxygen atoms in total. The maximum absolute atomic E-state index is 17.3. The van der Waals surface area contributed by atoms with Gasteiger partial charge in [0.1, 0.15) is 17.7 Å². The lowest BCUT2D eigenvalue weighted by atomic mass is 9.98. The minimum absolute atomic E-state index is 0.222. The number of pyridine rings is 4. The standard InChI is InChI=1S/C81H49F2N7/c82-65-26-13-27-66(83)81(65)64-49-75(89-76-44-55(71-32-14-28-67(85-71)51-18-5-1-6-19-51)36-40-60(76)61-41-37-56(45-77(61)89)72-33-15-29-68(86-72)52-20-7-2-8-21-52)59(50-84)48-80(64)90-78-46-57(73-34-16-30-69(87-73)53-22-9-3-10-23-53)38-42-62(78)63-43-39-58(47-79(63)90)74-35-17-31-70(88-74)54-24-11-4-12-25-54/h1-49H. The Labute approximate surface area is 517 Å². The van der Waals surface area contributed by atoms with Gasteiger partial charge in [-0.1, -0.05) is 200 Å². The van der Waals surface area contributed by atoms with Gasteiger partial charge < -0.3 is 9.13 Å². The molecule has 0 radical (unpaired) electrons. The van der Waals surface area contributed by atoms with Gasteiger partial charge in [-0.05, 0) is 97.1 Å². The largest absolute Gasteiger partial charge is 0.309 e. The molecule has 10 aromatic carbocycles. The summed E-state index contributed by atoms with van der Waals surface area (Å²) in [6.45, 7) is 0. The predicted octanol–water partition coefficient (Wildman–Crippen LogP) is 20.6. The fraction of sp³-hybridized carbons (Fsp3) is 0. The number of hydrogen-bond acceptors (Lipinski definition) is 5. The highest BCUT2D eigenvalue weighted by Gasteiger charge is 2.26. The van der Waals surface area contributed by atoms with Crippen LogP contribution in [0.4, 0.5) is 8.78 Å². The van der Waals surface area contributed by atoms with Crippen LogP contribution in [0, 0.1) is 23.0 Å². The van der Waals surface area contributed by atoms with Crippen LogP contribution in [-0.2, 0) is 0 Å². The summed E-state index contributed by atoms with van der Waals surface area (Å²) in [5, 5.41) is 15.4. The number of halogens is 2. The van der Waals surface area contributed by atoms with E-state index in [2.05, 4.69) is 83.4 Å². The van der Waals surface area contributed by atoms with E-state index in [0.717, 1.165) is 134 Å². The minimum Gasteiger partial charge on any atom is -0.309 e. The molecule has 6 heterocycles. The normalized spacial score (nSPS) is 11.4. The van der Waals surface area contributed by atoms with Crippen LogP contribution >= 0.6 is 0 Å². The first-order valence-corrected chi connectivity index (χ1v) is 29.7. The number of fused-ring (bicyclic) bond motifs is 6. The summed E-state index contributed by atoms with van der Waals surface area (Å²) in [7, 11) is 0. The Balaban J connectivity index is 0.975. The molecule has 0 aliphatic rings. The summed E-state index contributed by atoms with van der Waals surface area (Å²) in [4.78, 5) is 20.7. The number of rotatable bonds is 11. The van der Waals surface area contributed by atoms with E-state index in [0.29, 0.717) is 11.4 Å². The first kappa shape index (κ1) is 53.2. The van der Waals surface area contributed by atoms with E-state index in [9.17, 15) is 5.26 Å². The highest BCUT2D eigenvalue weighted by atomic mass is 19.1. The first-order chi connectivity index (χ1) is 44.4. The van der Waals surface area contributed by atoms with Crippen LogP contribution in [-0.4, -0.2) is 29.1 Å². The number of hydrogen-bond donors (Lipinski definition) is 0. The molecule has 0 N–H and O–H groups in total. The number of nitriles is 1. The molecule has 422 valence electrons. The molecule has 0 aliphatic carbocycles. The maximum Gasteiger partial charge on any atom is 0.134 e. The van der Waals surface area contributed by atoms with Crippen LogP contribution in [0.2, 0.25) is 0 Å². The van der Waals surface area contributed by atoms with Crippen molar-refractivity contribution in [2.24, 2.45) is 0 Å². The van der Waals surface area contributed by atoms with E-state index in [1.165, 1.54) is 18.2 Å². The molecule has 0 bridgehead atoms. The number of benzene rings is 10. The third kappa shape index (κ3) is 9.44. The SMILES string of the molecule is N#Cc1cc(-n2c3cc(-c4cccc(-c5ccccc5)n4)ccc3c3ccc(-c4cccc(-c5ccccc5)n4)cc32)c(-c2c(F)cccc2F)cc1-n1c2cc(-c3cccc(-c4ccccc4)n3)ccc2c2ccc(-c3cccc(-c4ccccc4)n3)cc21. The summed E-state index contributed by atoms with van der Waals surface area (Å²) in [6, 6.07) is 99.3. The first-order valence-electron chi connectivity index (χ1n) is 29.7. The quantitative estimate of drug-likeness (QED) is 0.129. The van der Waals surface area contributed by atoms with Crippen molar-refractivity contribution in [3.63, 3.8) is 0 Å². The monoisotopic (exact) mass is 1160 g/mol. The minimum atomic E-state index is -0.765. The molecule has 0 fully saturated rings. The Bertz CT molecular complexity index is 5220. The smallest absolute Gasteiger partial charge is 0.134 e. The van der Waals surface area contributed by atoms with E-state index in [1.54, 1.807) is 12.1 Å². The van der Waals surface area contributed by atoms with Crippen LogP contribution < -0.4 is 0 Å². The van der Waals surface area contributed by atoms with E-state index in [4.69, 9.17) is 19.9 Å². The van der Waals surface area contributed by atoms with Crippen molar-refractivity contribution >= 4 is 43.6 Å². The van der Waals surface area contributed by atoms with Gasteiger partial charge in [0, 0.05) is 71.6 Å². The number of nitrogens with zero attached hydrogens (tertiary/aromatic N) is 7. The van der Waals surface area contributed by atoms with E-state index >= 15 is 8.78 Å². The molecule has 0 saturated carbocycles. The van der Waals surface area contributed by atoms with E-state index in [-0.39, 0.29) is 16.7 Å². The van der Waals surface area contributed by atoms with E-state index < -0.39 is 11.6 Å². The van der Waals surface area contributed by atoms with Crippen LogP contribution in [0.25, 0.3) is 156 Å². The molecule has 0 aliphatic heterocycles. The summed E-state index contributed by atoms with van der Waals surface area (Å²) in [6.07, 6.45) is 0. The lowest BCUT2D eigenvalue weighted by molar-refractivity contribution is 0.589. The van der Waals surface area contributed by atoms with Crippen molar-refractivity contribution in [3.05, 3.63) is 314 Å². The summed E-state index contributed by atoms with van der Waals surface area (Å²) in [5.74, 6) is -1.53. The van der Waals surface area contributed by atoms with Gasteiger partial charge in [0.25, 0.3) is 0 Å². The molecule has 0 saturated heterocycles. The second-order valence-corrected chi connectivity index (χ2v) is 22.3.